The van der Waals surface area contributed by atoms with Gasteiger partial charge in [-0.15, -0.1) is 0 Å². The Morgan fingerprint density at radius 3 is 2.77 bits per heavy atom. The molecule has 0 saturated heterocycles. The fourth-order valence-electron chi connectivity index (χ4n) is 1.75. The number of aryl methyl sites for hydroxylation is 1. The van der Waals surface area contributed by atoms with Crippen LogP contribution in [0.5, 0.6) is 0 Å². The first-order valence-electron chi connectivity index (χ1n) is 4.45. The number of benzene rings is 1. The standard InChI is InChI=1S/C11H13NO/c1-7-3-4-9-5-13-6-10(12)11(9)8(7)2/h3-4,12H,5-6H2,1-2H3. The minimum Gasteiger partial charge on any atom is -0.370 e. The highest BCUT2D eigenvalue weighted by Crippen LogP contribution is 2.22. The SMILES string of the molecule is Cc1ccc2c(c1C)C(=N)COC2. The van der Waals surface area contributed by atoms with E-state index in [9.17, 15) is 0 Å². The number of hydrogen-bond donors (Lipinski definition) is 1. The van der Waals surface area contributed by atoms with E-state index in [0.717, 1.165) is 11.1 Å². The van der Waals surface area contributed by atoms with Crippen LogP contribution in [0.1, 0.15) is 22.3 Å². The molecule has 1 aromatic carbocycles. The van der Waals surface area contributed by atoms with Crippen molar-refractivity contribution in [3.8, 4) is 0 Å². The van der Waals surface area contributed by atoms with Crippen molar-refractivity contribution in [2.75, 3.05) is 6.61 Å². The summed E-state index contributed by atoms with van der Waals surface area (Å²) in [6.07, 6.45) is 0. The molecule has 0 aliphatic carbocycles. The summed E-state index contributed by atoms with van der Waals surface area (Å²) >= 11 is 0. The Balaban J connectivity index is 2.65. The van der Waals surface area contributed by atoms with Gasteiger partial charge in [0.05, 0.1) is 18.9 Å². The predicted molar refractivity (Wildman–Crippen MR) is 52.4 cm³/mol. The summed E-state index contributed by atoms with van der Waals surface area (Å²) in [4.78, 5) is 0. The fraction of sp³-hybridized carbons (Fsp3) is 0.364. The van der Waals surface area contributed by atoms with Crippen LogP contribution in [0.15, 0.2) is 12.1 Å². The van der Waals surface area contributed by atoms with Gasteiger partial charge in [-0.1, -0.05) is 12.1 Å². The zero-order valence-electron chi connectivity index (χ0n) is 7.98. The van der Waals surface area contributed by atoms with Crippen LogP contribution in [-0.4, -0.2) is 12.3 Å². The van der Waals surface area contributed by atoms with Crippen LogP contribution in [0.25, 0.3) is 0 Å². The van der Waals surface area contributed by atoms with E-state index < -0.39 is 0 Å². The van der Waals surface area contributed by atoms with Crippen molar-refractivity contribution in [2.45, 2.75) is 20.5 Å². The second-order valence-electron chi connectivity index (χ2n) is 3.51. The average molecular weight is 175 g/mol. The number of fused-ring (bicyclic) bond motifs is 1. The fourth-order valence-corrected chi connectivity index (χ4v) is 1.75. The van der Waals surface area contributed by atoms with Gasteiger partial charge in [0.2, 0.25) is 0 Å². The van der Waals surface area contributed by atoms with Crippen LogP contribution in [0.4, 0.5) is 0 Å². The van der Waals surface area contributed by atoms with E-state index in [4.69, 9.17) is 10.1 Å². The van der Waals surface area contributed by atoms with Gasteiger partial charge in [0.15, 0.2) is 0 Å². The van der Waals surface area contributed by atoms with Gasteiger partial charge >= 0.3 is 0 Å². The molecule has 1 aliphatic heterocycles. The molecule has 1 heterocycles. The molecule has 2 heteroatoms. The molecular weight excluding hydrogens is 162 g/mol. The zero-order valence-corrected chi connectivity index (χ0v) is 7.98. The summed E-state index contributed by atoms with van der Waals surface area (Å²) in [6.45, 7) is 5.27. The molecule has 0 fully saturated rings. The van der Waals surface area contributed by atoms with Gasteiger partial charge in [-0.3, -0.25) is 0 Å². The lowest BCUT2D eigenvalue weighted by molar-refractivity contribution is 0.151. The van der Waals surface area contributed by atoms with Crippen LogP contribution < -0.4 is 0 Å². The largest absolute Gasteiger partial charge is 0.370 e. The van der Waals surface area contributed by atoms with Crippen LogP contribution in [0.2, 0.25) is 0 Å². The maximum atomic E-state index is 7.78. The Morgan fingerprint density at radius 2 is 2.00 bits per heavy atom. The molecular formula is C11H13NO. The predicted octanol–water partition coefficient (Wildman–Crippen LogP) is 2.20. The van der Waals surface area contributed by atoms with Crippen molar-refractivity contribution in [1.82, 2.24) is 0 Å². The molecule has 1 N–H and O–H groups in total. The van der Waals surface area contributed by atoms with Gasteiger partial charge < -0.3 is 10.1 Å². The molecule has 1 aliphatic rings. The molecule has 0 saturated carbocycles. The van der Waals surface area contributed by atoms with Gasteiger partial charge in [-0.05, 0) is 30.5 Å². The molecule has 68 valence electrons. The first-order valence-corrected chi connectivity index (χ1v) is 4.45. The number of rotatable bonds is 0. The third kappa shape index (κ3) is 1.27. The molecule has 1 aromatic rings. The highest BCUT2D eigenvalue weighted by molar-refractivity contribution is 6.02. The lowest BCUT2D eigenvalue weighted by Gasteiger charge is -2.20. The quantitative estimate of drug-likeness (QED) is 0.644. The van der Waals surface area contributed by atoms with E-state index in [-0.39, 0.29) is 0 Å². The molecule has 0 atom stereocenters. The lowest BCUT2D eigenvalue weighted by Crippen LogP contribution is -2.19. The zero-order chi connectivity index (χ0) is 9.42. The Labute approximate surface area is 78.0 Å². The topological polar surface area (TPSA) is 33.1 Å². The molecule has 2 nitrogen and oxygen atoms in total. The molecule has 0 radical (unpaired) electrons. The average Bonchev–Trinajstić information content (AvgIpc) is 2.12. The van der Waals surface area contributed by atoms with Crippen molar-refractivity contribution in [1.29, 1.82) is 5.41 Å². The summed E-state index contributed by atoms with van der Waals surface area (Å²) in [5.41, 5.74) is 5.35. The van der Waals surface area contributed by atoms with Crippen molar-refractivity contribution >= 4 is 5.71 Å². The minimum atomic E-state index is 0.456. The molecule has 2 rings (SSSR count). The Morgan fingerprint density at radius 1 is 1.23 bits per heavy atom. The summed E-state index contributed by atoms with van der Waals surface area (Å²) in [6, 6.07) is 4.15. The summed E-state index contributed by atoms with van der Waals surface area (Å²) < 4.78 is 5.28. The third-order valence-electron chi connectivity index (χ3n) is 2.63. The van der Waals surface area contributed by atoms with Crippen molar-refractivity contribution < 1.29 is 4.74 Å². The summed E-state index contributed by atoms with van der Waals surface area (Å²) in [5.74, 6) is 0. The van der Waals surface area contributed by atoms with E-state index in [0.29, 0.717) is 18.9 Å². The minimum absolute atomic E-state index is 0.456. The Kier molecular flexibility index (Phi) is 1.93. The normalized spacial score (nSPS) is 15.7. The van der Waals surface area contributed by atoms with Gasteiger partial charge in [-0.2, -0.15) is 0 Å². The molecule has 0 unspecified atom stereocenters. The van der Waals surface area contributed by atoms with E-state index in [2.05, 4.69) is 26.0 Å². The maximum absolute atomic E-state index is 7.78. The van der Waals surface area contributed by atoms with E-state index in [1.54, 1.807) is 0 Å². The lowest BCUT2D eigenvalue weighted by atomic mass is 9.93. The van der Waals surface area contributed by atoms with Crippen molar-refractivity contribution in [3.05, 3.63) is 34.4 Å². The maximum Gasteiger partial charge on any atom is 0.0891 e. The highest BCUT2D eigenvalue weighted by Gasteiger charge is 2.17. The smallest absolute Gasteiger partial charge is 0.0891 e. The van der Waals surface area contributed by atoms with Gasteiger partial charge in [0, 0.05) is 5.56 Å². The van der Waals surface area contributed by atoms with E-state index in [1.807, 2.05) is 0 Å². The number of nitrogens with one attached hydrogen (secondary N) is 1. The van der Waals surface area contributed by atoms with Crippen molar-refractivity contribution in [3.63, 3.8) is 0 Å². The summed E-state index contributed by atoms with van der Waals surface area (Å²) in [7, 11) is 0. The van der Waals surface area contributed by atoms with E-state index >= 15 is 0 Å². The second-order valence-corrected chi connectivity index (χ2v) is 3.51. The Hall–Kier alpha value is -1.15. The van der Waals surface area contributed by atoms with Crippen LogP contribution in [-0.2, 0) is 11.3 Å². The molecule has 13 heavy (non-hydrogen) atoms. The van der Waals surface area contributed by atoms with Gasteiger partial charge in [0.25, 0.3) is 0 Å². The number of ether oxygens (including phenoxy) is 1. The highest BCUT2D eigenvalue weighted by atomic mass is 16.5. The molecule has 0 spiro atoms. The van der Waals surface area contributed by atoms with E-state index in [1.165, 1.54) is 11.1 Å². The van der Waals surface area contributed by atoms with Gasteiger partial charge in [-0.25, -0.2) is 0 Å². The molecule has 0 bridgehead atoms. The third-order valence-corrected chi connectivity index (χ3v) is 2.63. The first kappa shape index (κ1) is 8.45. The Bertz CT molecular complexity index is 369. The van der Waals surface area contributed by atoms with Crippen LogP contribution >= 0.6 is 0 Å². The second kappa shape index (κ2) is 2.96. The van der Waals surface area contributed by atoms with Crippen LogP contribution in [0.3, 0.4) is 0 Å². The van der Waals surface area contributed by atoms with Gasteiger partial charge in [0.1, 0.15) is 0 Å². The number of hydrogen-bond acceptors (Lipinski definition) is 2. The van der Waals surface area contributed by atoms with Crippen LogP contribution in [0, 0.1) is 19.3 Å². The summed E-state index contributed by atoms with van der Waals surface area (Å²) in [5, 5.41) is 7.78. The monoisotopic (exact) mass is 175 g/mol. The first-order chi connectivity index (χ1) is 6.20. The molecule has 0 amide bonds. The molecule has 0 aromatic heterocycles. The van der Waals surface area contributed by atoms with Crippen molar-refractivity contribution in [2.24, 2.45) is 0 Å².